The summed E-state index contributed by atoms with van der Waals surface area (Å²) in [6.45, 7) is 5.61. The monoisotopic (exact) mass is 221 g/mol. The van der Waals surface area contributed by atoms with Crippen LogP contribution >= 0.6 is 0 Å². The molecular formula is C11H15N3O2. The van der Waals surface area contributed by atoms with Crippen molar-refractivity contribution in [3.8, 4) is 0 Å². The van der Waals surface area contributed by atoms with Crippen molar-refractivity contribution in [1.82, 2.24) is 0 Å². The first-order valence-electron chi connectivity index (χ1n) is 5.05. The van der Waals surface area contributed by atoms with Crippen molar-refractivity contribution in [2.75, 3.05) is 6.61 Å². The normalized spacial score (nSPS) is 12.7. The largest absolute Gasteiger partial charge is 0.600 e. The minimum absolute atomic E-state index is 0.313. The number of rotatable bonds is 2. The maximum absolute atomic E-state index is 11.0. The SMILES string of the molecule is CCOC([O-])=N/C(C)=N/[n+]1ccccc1C. The highest BCUT2D eigenvalue weighted by Crippen LogP contribution is 1.88. The second-order valence-electron chi connectivity index (χ2n) is 3.14. The molecule has 0 saturated carbocycles. The van der Waals surface area contributed by atoms with E-state index in [1.165, 1.54) is 0 Å². The quantitative estimate of drug-likeness (QED) is 0.407. The number of aliphatic imine (C=N–C) groups is 1. The molecule has 0 fully saturated rings. The number of nitrogens with zero attached hydrogens (tertiary/aromatic N) is 3. The van der Waals surface area contributed by atoms with Crippen molar-refractivity contribution in [3.05, 3.63) is 30.1 Å². The molecule has 1 rings (SSSR count). The van der Waals surface area contributed by atoms with E-state index < -0.39 is 6.08 Å². The molecule has 0 N–H and O–H groups in total. The Morgan fingerprint density at radius 1 is 1.50 bits per heavy atom. The van der Waals surface area contributed by atoms with Crippen LogP contribution in [-0.4, -0.2) is 18.5 Å². The predicted octanol–water partition coefficient (Wildman–Crippen LogP) is 0.217. The number of aromatic nitrogens is 1. The van der Waals surface area contributed by atoms with Crippen LogP contribution in [0.4, 0.5) is 0 Å². The Kier molecular flexibility index (Phi) is 4.44. The van der Waals surface area contributed by atoms with E-state index in [-0.39, 0.29) is 0 Å². The van der Waals surface area contributed by atoms with Crippen molar-refractivity contribution < 1.29 is 14.5 Å². The van der Waals surface area contributed by atoms with Crippen LogP contribution < -0.4 is 9.78 Å². The zero-order chi connectivity index (χ0) is 12.0. The van der Waals surface area contributed by atoms with E-state index in [0.717, 1.165) is 5.69 Å². The molecule has 5 heteroatoms. The molecule has 86 valence electrons. The summed E-state index contributed by atoms with van der Waals surface area (Å²) in [5.74, 6) is 0.359. The second-order valence-corrected chi connectivity index (χ2v) is 3.14. The van der Waals surface area contributed by atoms with E-state index >= 15 is 0 Å². The minimum Gasteiger partial charge on any atom is -0.600 e. The zero-order valence-corrected chi connectivity index (χ0v) is 9.67. The highest BCUT2D eigenvalue weighted by Gasteiger charge is 2.02. The fourth-order valence-corrected chi connectivity index (χ4v) is 1.10. The van der Waals surface area contributed by atoms with Crippen LogP contribution in [0.25, 0.3) is 0 Å². The number of hydrogen-bond acceptors (Lipinski definition) is 3. The van der Waals surface area contributed by atoms with E-state index in [0.29, 0.717) is 12.4 Å². The molecule has 16 heavy (non-hydrogen) atoms. The topological polar surface area (TPSA) is 60.9 Å². The van der Waals surface area contributed by atoms with Crippen molar-refractivity contribution in [2.45, 2.75) is 20.8 Å². The van der Waals surface area contributed by atoms with Gasteiger partial charge in [-0.1, -0.05) is 11.6 Å². The number of aryl methyl sites for hydroxylation is 1. The van der Waals surface area contributed by atoms with Gasteiger partial charge < -0.3 is 9.84 Å². The Balaban J connectivity index is 2.85. The van der Waals surface area contributed by atoms with E-state index in [2.05, 4.69) is 14.8 Å². The van der Waals surface area contributed by atoms with Gasteiger partial charge >= 0.3 is 0 Å². The predicted molar refractivity (Wildman–Crippen MR) is 58.9 cm³/mol. The average Bonchev–Trinajstić information content (AvgIpc) is 2.21. The van der Waals surface area contributed by atoms with Gasteiger partial charge in [0.25, 0.3) is 0 Å². The van der Waals surface area contributed by atoms with Gasteiger partial charge in [0, 0.05) is 31.1 Å². The van der Waals surface area contributed by atoms with Crippen LogP contribution in [0, 0.1) is 6.92 Å². The van der Waals surface area contributed by atoms with Crippen molar-refractivity contribution in [2.24, 2.45) is 10.1 Å². The number of ether oxygens (including phenoxy) is 1. The standard InChI is InChI=1S/C11H15N3O2/c1-4-16-11(15)12-10(3)13-14-8-6-5-7-9(14)2/h5-8H,4H2,1-3H3. The average molecular weight is 221 g/mol. The maximum Gasteiger partial charge on any atom is 0.211 e. The Labute approximate surface area is 94.7 Å². The van der Waals surface area contributed by atoms with Gasteiger partial charge in [-0.25, -0.2) is 4.99 Å². The Morgan fingerprint density at radius 3 is 2.88 bits per heavy atom. The lowest BCUT2D eigenvalue weighted by atomic mass is 10.4. The molecule has 0 spiro atoms. The van der Waals surface area contributed by atoms with Crippen LogP contribution in [0.1, 0.15) is 19.5 Å². The molecular weight excluding hydrogens is 206 g/mol. The lowest BCUT2D eigenvalue weighted by Gasteiger charge is -2.09. The van der Waals surface area contributed by atoms with Gasteiger partial charge in [0.2, 0.25) is 11.9 Å². The van der Waals surface area contributed by atoms with E-state index in [1.807, 2.05) is 25.1 Å². The van der Waals surface area contributed by atoms with Gasteiger partial charge in [-0.15, -0.1) is 0 Å². The smallest absolute Gasteiger partial charge is 0.211 e. The third-order valence-corrected chi connectivity index (χ3v) is 1.81. The second kappa shape index (κ2) is 5.85. The number of pyridine rings is 1. The minimum atomic E-state index is -0.613. The Morgan fingerprint density at radius 2 is 2.25 bits per heavy atom. The summed E-state index contributed by atoms with van der Waals surface area (Å²) in [7, 11) is 0. The molecule has 1 aromatic rings. The van der Waals surface area contributed by atoms with Crippen molar-refractivity contribution in [1.29, 1.82) is 0 Å². The van der Waals surface area contributed by atoms with E-state index in [1.54, 1.807) is 24.7 Å². The fraction of sp³-hybridized carbons (Fsp3) is 0.364. The molecule has 0 saturated heterocycles. The summed E-state index contributed by atoms with van der Waals surface area (Å²) < 4.78 is 6.34. The lowest BCUT2D eigenvalue weighted by Crippen LogP contribution is -2.32. The molecule has 0 aliphatic heterocycles. The lowest BCUT2D eigenvalue weighted by molar-refractivity contribution is -0.685. The zero-order valence-electron chi connectivity index (χ0n) is 9.67. The summed E-state index contributed by atoms with van der Waals surface area (Å²) in [5, 5.41) is 15.2. The van der Waals surface area contributed by atoms with Crippen molar-refractivity contribution in [3.63, 3.8) is 0 Å². The van der Waals surface area contributed by atoms with Crippen LogP contribution in [0.2, 0.25) is 0 Å². The van der Waals surface area contributed by atoms with Gasteiger partial charge in [-0.2, -0.15) is 0 Å². The highest BCUT2D eigenvalue weighted by atomic mass is 16.6. The molecule has 0 amide bonds. The summed E-state index contributed by atoms with van der Waals surface area (Å²) in [6, 6.07) is 5.69. The molecule has 0 bridgehead atoms. The summed E-state index contributed by atoms with van der Waals surface area (Å²) >= 11 is 0. The van der Waals surface area contributed by atoms with Gasteiger partial charge in [0.05, 0.1) is 0 Å². The fourth-order valence-electron chi connectivity index (χ4n) is 1.10. The molecule has 0 atom stereocenters. The maximum atomic E-state index is 11.0. The van der Waals surface area contributed by atoms with Crippen LogP contribution in [0.5, 0.6) is 0 Å². The summed E-state index contributed by atoms with van der Waals surface area (Å²) in [4.78, 5) is 3.67. The Bertz CT molecular complexity index is 413. The summed E-state index contributed by atoms with van der Waals surface area (Å²) in [5.41, 5.74) is 0.959. The van der Waals surface area contributed by atoms with Gasteiger partial charge in [-0.3, -0.25) is 0 Å². The first-order valence-corrected chi connectivity index (χ1v) is 5.05. The molecule has 0 aliphatic carbocycles. The van der Waals surface area contributed by atoms with E-state index in [4.69, 9.17) is 0 Å². The molecule has 5 nitrogen and oxygen atoms in total. The third-order valence-electron chi connectivity index (χ3n) is 1.81. The van der Waals surface area contributed by atoms with Crippen LogP contribution in [0.3, 0.4) is 0 Å². The number of hydrogen-bond donors (Lipinski definition) is 0. The molecule has 0 aliphatic rings. The first-order chi connectivity index (χ1) is 7.63. The van der Waals surface area contributed by atoms with Gasteiger partial charge in [0.15, 0.2) is 11.9 Å². The molecule has 0 radical (unpaired) electrons. The summed E-state index contributed by atoms with van der Waals surface area (Å²) in [6.07, 6.45) is 1.18. The molecule has 0 aromatic carbocycles. The Hall–Kier alpha value is -1.91. The van der Waals surface area contributed by atoms with Gasteiger partial charge in [0.1, 0.15) is 0 Å². The first kappa shape index (κ1) is 12.2. The molecule has 0 unspecified atom stereocenters. The van der Waals surface area contributed by atoms with Gasteiger partial charge in [-0.05, 0) is 12.7 Å². The molecule has 1 aromatic heterocycles. The van der Waals surface area contributed by atoms with Crippen molar-refractivity contribution >= 4 is 11.9 Å². The van der Waals surface area contributed by atoms with E-state index in [9.17, 15) is 5.11 Å². The van der Waals surface area contributed by atoms with Crippen LogP contribution in [-0.2, 0) is 4.74 Å². The highest BCUT2D eigenvalue weighted by molar-refractivity contribution is 5.88. The molecule has 1 heterocycles. The number of amidine groups is 1. The third kappa shape index (κ3) is 3.68. The van der Waals surface area contributed by atoms with Crippen LogP contribution in [0.15, 0.2) is 34.5 Å².